The van der Waals surface area contributed by atoms with E-state index in [1.807, 2.05) is 0 Å². The van der Waals surface area contributed by atoms with E-state index in [0.717, 1.165) is 25.9 Å². The number of hydrogen-bond donors (Lipinski definition) is 2. The molecule has 0 aromatic rings. The lowest BCUT2D eigenvalue weighted by Gasteiger charge is -2.31. The van der Waals surface area contributed by atoms with Crippen LogP contribution in [0.5, 0.6) is 0 Å². The number of carbonyl (C=O) groups excluding carboxylic acids is 1. The monoisotopic (exact) mass is 242 g/mol. The predicted octanol–water partition coefficient (Wildman–Crippen LogP) is 1.54. The minimum atomic E-state index is -0.918. The number of aliphatic carboxylic acids is 1. The Hall–Kier alpha value is -1.26. The largest absolute Gasteiger partial charge is 0.481 e. The molecular weight excluding hydrogens is 220 g/mol. The molecule has 0 radical (unpaired) electrons. The first-order chi connectivity index (χ1) is 7.83. The second kappa shape index (κ2) is 5.38. The molecule has 1 aliphatic heterocycles. The van der Waals surface area contributed by atoms with Crippen molar-refractivity contribution in [3.05, 3.63) is 0 Å². The fraction of sp³-hybridized carbons (Fsp3) is 0.833. The van der Waals surface area contributed by atoms with Gasteiger partial charge in [0.2, 0.25) is 0 Å². The van der Waals surface area contributed by atoms with Crippen molar-refractivity contribution in [1.29, 1.82) is 0 Å². The summed E-state index contributed by atoms with van der Waals surface area (Å²) in [6.07, 6.45) is 2.05. The molecule has 5 nitrogen and oxygen atoms in total. The Labute approximate surface area is 102 Å². The highest BCUT2D eigenvalue weighted by atomic mass is 16.4. The molecule has 2 amide bonds. The van der Waals surface area contributed by atoms with E-state index in [1.54, 1.807) is 18.7 Å². The number of piperidine rings is 1. The third kappa shape index (κ3) is 3.91. The Morgan fingerprint density at radius 3 is 2.35 bits per heavy atom. The van der Waals surface area contributed by atoms with E-state index in [1.165, 1.54) is 0 Å². The second-order valence-corrected chi connectivity index (χ2v) is 5.52. The molecule has 98 valence electrons. The molecule has 0 spiro atoms. The van der Waals surface area contributed by atoms with Gasteiger partial charge in [-0.15, -0.1) is 0 Å². The van der Waals surface area contributed by atoms with Crippen LogP contribution in [0.25, 0.3) is 0 Å². The van der Waals surface area contributed by atoms with Crippen LogP contribution < -0.4 is 5.32 Å². The molecule has 0 bridgehead atoms. The fourth-order valence-electron chi connectivity index (χ4n) is 1.70. The maximum atomic E-state index is 11.8. The summed E-state index contributed by atoms with van der Waals surface area (Å²) >= 11 is 0. The van der Waals surface area contributed by atoms with Gasteiger partial charge < -0.3 is 15.3 Å². The molecule has 0 saturated carbocycles. The number of nitrogens with one attached hydrogen (secondary N) is 1. The third-order valence-electron chi connectivity index (χ3n) is 3.33. The molecule has 1 heterocycles. The van der Waals surface area contributed by atoms with Crippen LogP contribution in [-0.4, -0.2) is 41.6 Å². The van der Waals surface area contributed by atoms with Crippen LogP contribution in [0.15, 0.2) is 0 Å². The maximum Gasteiger partial charge on any atom is 0.317 e. The zero-order valence-corrected chi connectivity index (χ0v) is 10.8. The standard InChI is InChI=1S/C12H22N2O3/c1-9-4-6-14(7-5-9)11(17)13-8-12(2,3)10(15)16/h9H,4-8H2,1-3H3,(H,13,17)(H,15,16). The molecule has 1 saturated heterocycles. The first kappa shape index (κ1) is 13.8. The van der Waals surface area contributed by atoms with Gasteiger partial charge in [-0.3, -0.25) is 4.79 Å². The molecule has 1 fully saturated rings. The first-order valence-corrected chi connectivity index (χ1v) is 6.09. The van der Waals surface area contributed by atoms with Gasteiger partial charge in [-0.1, -0.05) is 6.92 Å². The number of carboxylic acids is 1. The Balaban J connectivity index is 2.37. The van der Waals surface area contributed by atoms with E-state index in [2.05, 4.69) is 12.2 Å². The number of likely N-dealkylation sites (tertiary alicyclic amines) is 1. The summed E-state index contributed by atoms with van der Waals surface area (Å²) in [6, 6.07) is -0.147. The Bertz CT molecular complexity index is 294. The minimum absolute atomic E-state index is 0.147. The van der Waals surface area contributed by atoms with Gasteiger partial charge in [-0.05, 0) is 32.6 Å². The lowest BCUT2D eigenvalue weighted by atomic mass is 9.94. The summed E-state index contributed by atoms with van der Waals surface area (Å²) in [5, 5.41) is 11.6. The maximum absolute atomic E-state index is 11.8. The topological polar surface area (TPSA) is 69.6 Å². The summed E-state index contributed by atoms with van der Waals surface area (Å²) in [6.45, 7) is 7.08. The third-order valence-corrected chi connectivity index (χ3v) is 3.33. The quantitative estimate of drug-likeness (QED) is 0.788. The molecule has 1 rings (SSSR count). The van der Waals surface area contributed by atoms with Crippen molar-refractivity contribution in [2.24, 2.45) is 11.3 Å². The van der Waals surface area contributed by atoms with Crippen molar-refractivity contribution in [1.82, 2.24) is 10.2 Å². The summed E-state index contributed by atoms with van der Waals surface area (Å²) in [4.78, 5) is 24.4. The average Bonchev–Trinajstić information content (AvgIpc) is 2.27. The number of amides is 2. The molecule has 17 heavy (non-hydrogen) atoms. The van der Waals surface area contributed by atoms with E-state index in [-0.39, 0.29) is 12.6 Å². The van der Waals surface area contributed by atoms with Crippen LogP contribution >= 0.6 is 0 Å². The first-order valence-electron chi connectivity index (χ1n) is 6.09. The van der Waals surface area contributed by atoms with Gasteiger partial charge in [0.25, 0.3) is 0 Å². The van der Waals surface area contributed by atoms with Crippen LogP contribution in [0.1, 0.15) is 33.6 Å². The SMILES string of the molecule is CC1CCN(C(=O)NCC(C)(C)C(=O)O)CC1. The van der Waals surface area contributed by atoms with Crippen LogP contribution in [0.4, 0.5) is 4.79 Å². The average molecular weight is 242 g/mol. The molecule has 5 heteroatoms. The van der Waals surface area contributed by atoms with Crippen molar-refractivity contribution in [3.8, 4) is 0 Å². The second-order valence-electron chi connectivity index (χ2n) is 5.52. The highest BCUT2D eigenvalue weighted by molar-refractivity contribution is 5.77. The molecular formula is C12H22N2O3. The lowest BCUT2D eigenvalue weighted by molar-refractivity contribution is -0.146. The number of hydrogen-bond acceptors (Lipinski definition) is 2. The zero-order chi connectivity index (χ0) is 13.1. The number of carbonyl (C=O) groups is 2. The van der Waals surface area contributed by atoms with Crippen LogP contribution in [0, 0.1) is 11.3 Å². The van der Waals surface area contributed by atoms with Crippen LogP contribution in [0.2, 0.25) is 0 Å². The highest BCUT2D eigenvalue weighted by Gasteiger charge is 2.29. The van der Waals surface area contributed by atoms with Gasteiger partial charge in [0, 0.05) is 19.6 Å². The van der Waals surface area contributed by atoms with E-state index < -0.39 is 11.4 Å². The van der Waals surface area contributed by atoms with Gasteiger partial charge in [0.15, 0.2) is 0 Å². The summed E-state index contributed by atoms with van der Waals surface area (Å²) in [5.74, 6) is -0.223. The van der Waals surface area contributed by atoms with Crippen molar-refractivity contribution in [2.75, 3.05) is 19.6 Å². The van der Waals surface area contributed by atoms with Gasteiger partial charge >= 0.3 is 12.0 Å². The minimum Gasteiger partial charge on any atom is -0.481 e. The zero-order valence-electron chi connectivity index (χ0n) is 10.8. The summed E-state index contributed by atoms with van der Waals surface area (Å²) in [7, 11) is 0. The van der Waals surface area contributed by atoms with E-state index in [4.69, 9.17) is 5.11 Å². The molecule has 2 N–H and O–H groups in total. The molecule has 0 aromatic heterocycles. The molecule has 0 aromatic carbocycles. The van der Waals surface area contributed by atoms with Crippen LogP contribution in [0.3, 0.4) is 0 Å². The van der Waals surface area contributed by atoms with Crippen LogP contribution in [-0.2, 0) is 4.79 Å². The molecule has 1 aliphatic rings. The summed E-state index contributed by atoms with van der Waals surface area (Å²) < 4.78 is 0. The normalized spacial score (nSPS) is 17.9. The molecule has 0 atom stereocenters. The van der Waals surface area contributed by atoms with E-state index >= 15 is 0 Å². The summed E-state index contributed by atoms with van der Waals surface area (Å²) in [5.41, 5.74) is -0.918. The van der Waals surface area contributed by atoms with Gasteiger partial charge in [-0.2, -0.15) is 0 Å². The van der Waals surface area contributed by atoms with E-state index in [9.17, 15) is 9.59 Å². The number of nitrogens with zero attached hydrogens (tertiary/aromatic N) is 1. The van der Waals surface area contributed by atoms with Crippen molar-refractivity contribution >= 4 is 12.0 Å². The number of urea groups is 1. The Morgan fingerprint density at radius 2 is 1.88 bits per heavy atom. The lowest BCUT2D eigenvalue weighted by Crippen LogP contribution is -2.47. The highest BCUT2D eigenvalue weighted by Crippen LogP contribution is 2.17. The number of rotatable bonds is 3. The van der Waals surface area contributed by atoms with Crippen molar-refractivity contribution in [2.45, 2.75) is 33.6 Å². The van der Waals surface area contributed by atoms with Gasteiger partial charge in [-0.25, -0.2) is 4.79 Å². The van der Waals surface area contributed by atoms with Crippen molar-refractivity contribution in [3.63, 3.8) is 0 Å². The predicted molar refractivity (Wildman–Crippen MR) is 64.8 cm³/mol. The Morgan fingerprint density at radius 1 is 1.35 bits per heavy atom. The number of carboxylic acid groups (broad SMARTS) is 1. The van der Waals surface area contributed by atoms with E-state index in [0.29, 0.717) is 5.92 Å². The van der Waals surface area contributed by atoms with Gasteiger partial charge in [0.05, 0.1) is 5.41 Å². The van der Waals surface area contributed by atoms with Gasteiger partial charge in [0.1, 0.15) is 0 Å². The fourth-order valence-corrected chi connectivity index (χ4v) is 1.70. The molecule has 0 aliphatic carbocycles. The Kier molecular flexibility index (Phi) is 4.37. The molecule has 0 unspecified atom stereocenters. The smallest absolute Gasteiger partial charge is 0.317 e. The van der Waals surface area contributed by atoms with Crippen molar-refractivity contribution < 1.29 is 14.7 Å².